The van der Waals surface area contributed by atoms with Crippen LogP contribution in [0.25, 0.3) is 11.1 Å². The molecule has 2 heterocycles. The van der Waals surface area contributed by atoms with E-state index in [0.29, 0.717) is 26.2 Å². The average Bonchev–Trinajstić information content (AvgIpc) is 3.26. The van der Waals surface area contributed by atoms with Gasteiger partial charge in [0.1, 0.15) is 0 Å². The van der Waals surface area contributed by atoms with Crippen LogP contribution in [0.3, 0.4) is 0 Å². The molecule has 4 rings (SSSR count). The molecule has 1 atom stereocenters. The standard InChI is InChI=1S/C23H23ClN4O3/c1-16-14-26(11-12-27(16)23(31)28-10-9-21(25-28)22(29)30)15-19-8-7-18(13-20(19)24)17-5-3-2-4-6-17/h2-10,13,16H,11-12,14-15H2,1H3,(H,29,30)/t16-/m0/s1. The largest absolute Gasteiger partial charge is 0.476 e. The van der Waals surface area contributed by atoms with Crippen molar-refractivity contribution in [3.63, 3.8) is 0 Å². The van der Waals surface area contributed by atoms with E-state index >= 15 is 0 Å². The Morgan fingerprint density at radius 1 is 1.10 bits per heavy atom. The average molecular weight is 439 g/mol. The molecule has 0 radical (unpaired) electrons. The molecule has 1 aliphatic rings. The van der Waals surface area contributed by atoms with Crippen LogP contribution in [0.4, 0.5) is 4.79 Å². The molecule has 1 amide bonds. The molecule has 3 aromatic rings. The zero-order chi connectivity index (χ0) is 22.0. The number of amides is 1. The number of aromatic nitrogens is 2. The summed E-state index contributed by atoms with van der Waals surface area (Å²) in [6.45, 7) is 4.59. The summed E-state index contributed by atoms with van der Waals surface area (Å²) in [6.07, 6.45) is 1.39. The topological polar surface area (TPSA) is 78.7 Å². The van der Waals surface area contributed by atoms with Gasteiger partial charge in [-0.3, -0.25) is 4.90 Å². The number of nitrogens with zero attached hydrogens (tertiary/aromatic N) is 4. The minimum atomic E-state index is -1.15. The molecule has 8 heteroatoms. The van der Waals surface area contributed by atoms with Gasteiger partial charge in [-0.25, -0.2) is 9.59 Å². The number of benzene rings is 2. The maximum atomic E-state index is 12.7. The second-order valence-corrected chi connectivity index (χ2v) is 8.09. The van der Waals surface area contributed by atoms with Gasteiger partial charge in [0, 0.05) is 43.4 Å². The lowest BCUT2D eigenvalue weighted by Crippen LogP contribution is -2.54. The van der Waals surface area contributed by atoms with E-state index < -0.39 is 5.97 Å². The zero-order valence-corrected chi connectivity index (χ0v) is 17.9. The summed E-state index contributed by atoms with van der Waals surface area (Å²) in [7, 11) is 0. The zero-order valence-electron chi connectivity index (χ0n) is 17.1. The summed E-state index contributed by atoms with van der Waals surface area (Å²) in [6, 6.07) is 17.2. The van der Waals surface area contributed by atoms with Crippen molar-refractivity contribution in [1.29, 1.82) is 0 Å². The first kappa shape index (κ1) is 21.1. The first-order valence-electron chi connectivity index (χ1n) is 10.1. The van der Waals surface area contributed by atoms with Gasteiger partial charge in [0.05, 0.1) is 0 Å². The fraction of sp³-hybridized carbons (Fsp3) is 0.261. The molecular formula is C23H23ClN4O3. The Balaban J connectivity index is 1.40. The van der Waals surface area contributed by atoms with Crippen molar-refractivity contribution in [2.75, 3.05) is 19.6 Å². The Morgan fingerprint density at radius 3 is 2.52 bits per heavy atom. The van der Waals surface area contributed by atoms with Gasteiger partial charge >= 0.3 is 12.0 Å². The molecule has 31 heavy (non-hydrogen) atoms. The van der Waals surface area contributed by atoms with E-state index in [2.05, 4.69) is 34.3 Å². The van der Waals surface area contributed by atoms with Crippen molar-refractivity contribution in [2.24, 2.45) is 0 Å². The van der Waals surface area contributed by atoms with E-state index in [1.807, 2.05) is 31.2 Å². The summed E-state index contributed by atoms with van der Waals surface area (Å²) in [5.74, 6) is -1.15. The predicted molar refractivity (Wildman–Crippen MR) is 118 cm³/mol. The lowest BCUT2D eigenvalue weighted by Gasteiger charge is -2.39. The van der Waals surface area contributed by atoms with Crippen LogP contribution in [0.1, 0.15) is 23.0 Å². The van der Waals surface area contributed by atoms with Gasteiger partial charge in [-0.1, -0.05) is 54.1 Å². The molecule has 1 N–H and O–H groups in total. The molecule has 1 fully saturated rings. The smallest absolute Gasteiger partial charge is 0.356 e. The third kappa shape index (κ3) is 4.62. The van der Waals surface area contributed by atoms with Crippen LogP contribution >= 0.6 is 11.6 Å². The Bertz CT molecular complexity index is 1100. The van der Waals surface area contributed by atoms with Crippen LogP contribution in [0.5, 0.6) is 0 Å². The summed E-state index contributed by atoms with van der Waals surface area (Å²) < 4.78 is 1.09. The highest BCUT2D eigenvalue weighted by Gasteiger charge is 2.29. The minimum absolute atomic E-state index is 0.0407. The highest BCUT2D eigenvalue weighted by atomic mass is 35.5. The van der Waals surface area contributed by atoms with E-state index in [0.717, 1.165) is 26.4 Å². The molecule has 1 aliphatic heterocycles. The summed E-state index contributed by atoms with van der Waals surface area (Å²) in [5, 5.41) is 13.6. The first-order chi connectivity index (χ1) is 14.9. The van der Waals surface area contributed by atoms with Crippen LogP contribution < -0.4 is 0 Å². The van der Waals surface area contributed by atoms with E-state index in [4.69, 9.17) is 16.7 Å². The Labute approximate surface area is 185 Å². The van der Waals surface area contributed by atoms with E-state index in [9.17, 15) is 9.59 Å². The molecule has 0 unspecified atom stereocenters. The number of rotatable bonds is 4. The molecular weight excluding hydrogens is 416 g/mol. The van der Waals surface area contributed by atoms with Crippen LogP contribution in [0, 0.1) is 0 Å². The van der Waals surface area contributed by atoms with E-state index in [1.54, 1.807) is 4.90 Å². The van der Waals surface area contributed by atoms with Gasteiger partial charge in [0.25, 0.3) is 0 Å². The number of hydrogen-bond donors (Lipinski definition) is 1. The fourth-order valence-corrected chi connectivity index (χ4v) is 4.10. The highest BCUT2D eigenvalue weighted by Crippen LogP contribution is 2.27. The van der Waals surface area contributed by atoms with E-state index in [-0.39, 0.29) is 17.8 Å². The Hall–Kier alpha value is -3.16. The van der Waals surface area contributed by atoms with Gasteiger partial charge in [-0.2, -0.15) is 9.78 Å². The van der Waals surface area contributed by atoms with Crippen molar-refractivity contribution in [3.8, 4) is 11.1 Å². The number of piperazine rings is 1. The second kappa shape index (κ2) is 8.91. The number of aromatic carboxylic acids is 1. The second-order valence-electron chi connectivity index (χ2n) is 7.68. The van der Waals surface area contributed by atoms with Crippen molar-refractivity contribution >= 4 is 23.6 Å². The lowest BCUT2D eigenvalue weighted by molar-refractivity contribution is 0.0689. The van der Waals surface area contributed by atoms with Crippen LogP contribution in [0.2, 0.25) is 5.02 Å². The minimum Gasteiger partial charge on any atom is -0.476 e. The summed E-state index contributed by atoms with van der Waals surface area (Å²) in [5.41, 5.74) is 3.11. The first-order valence-corrected chi connectivity index (χ1v) is 10.5. The van der Waals surface area contributed by atoms with Crippen molar-refractivity contribution < 1.29 is 14.7 Å². The number of carbonyl (C=O) groups excluding carboxylic acids is 1. The number of carboxylic acid groups (broad SMARTS) is 1. The fourth-order valence-electron chi connectivity index (χ4n) is 3.86. The van der Waals surface area contributed by atoms with Crippen molar-refractivity contribution in [2.45, 2.75) is 19.5 Å². The van der Waals surface area contributed by atoms with Gasteiger partial charge in [-0.05, 0) is 35.7 Å². The maximum Gasteiger partial charge on any atom is 0.356 e. The van der Waals surface area contributed by atoms with Gasteiger partial charge < -0.3 is 10.0 Å². The molecule has 0 aliphatic carbocycles. The van der Waals surface area contributed by atoms with Gasteiger partial charge in [0.15, 0.2) is 5.69 Å². The summed E-state index contributed by atoms with van der Waals surface area (Å²) in [4.78, 5) is 27.7. The Morgan fingerprint density at radius 2 is 1.87 bits per heavy atom. The normalized spacial score (nSPS) is 17.0. The van der Waals surface area contributed by atoms with Crippen LogP contribution in [-0.2, 0) is 6.54 Å². The number of carbonyl (C=O) groups is 2. The quantitative estimate of drug-likeness (QED) is 0.664. The molecule has 1 aromatic heterocycles. The SMILES string of the molecule is C[C@H]1CN(Cc2ccc(-c3ccccc3)cc2Cl)CCN1C(=O)n1ccc(C(=O)O)n1. The maximum absolute atomic E-state index is 12.7. The predicted octanol–water partition coefficient (Wildman–Crippen LogP) is 4.08. The monoisotopic (exact) mass is 438 g/mol. The number of halogens is 1. The van der Waals surface area contributed by atoms with Gasteiger partial charge in [-0.15, -0.1) is 0 Å². The molecule has 0 spiro atoms. The van der Waals surface area contributed by atoms with Gasteiger partial charge in [0.2, 0.25) is 0 Å². The summed E-state index contributed by atoms with van der Waals surface area (Å²) >= 11 is 6.57. The molecule has 1 saturated heterocycles. The molecule has 0 bridgehead atoms. The van der Waals surface area contributed by atoms with Crippen molar-refractivity contribution in [3.05, 3.63) is 77.1 Å². The number of hydrogen-bond acceptors (Lipinski definition) is 4. The van der Waals surface area contributed by atoms with Crippen LogP contribution in [-0.4, -0.2) is 62.4 Å². The third-order valence-electron chi connectivity index (χ3n) is 5.52. The third-order valence-corrected chi connectivity index (χ3v) is 5.87. The molecule has 0 saturated carbocycles. The highest BCUT2D eigenvalue weighted by molar-refractivity contribution is 6.31. The lowest BCUT2D eigenvalue weighted by atomic mass is 10.0. The Kier molecular flexibility index (Phi) is 6.06. The van der Waals surface area contributed by atoms with Crippen LogP contribution in [0.15, 0.2) is 60.8 Å². The molecule has 160 valence electrons. The van der Waals surface area contributed by atoms with Crippen molar-refractivity contribution in [1.82, 2.24) is 19.6 Å². The molecule has 2 aromatic carbocycles. The number of carboxylic acids is 1. The molecule has 7 nitrogen and oxygen atoms in total. The van der Waals surface area contributed by atoms with E-state index in [1.165, 1.54) is 12.3 Å².